The molecule has 0 saturated carbocycles. The van der Waals surface area contributed by atoms with E-state index in [1.807, 2.05) is 28.9 Å². The van der Waals surface area contributed by atoms with Crippen LogP contribution in [0.4, 0.5) is 14.9 Å². The molecule has 8 heteroatoms. The molecule has 3 rings (SSSR count). The van der Waals surface area contributed by atoms with E-state index in [9.17, 15) is 9.18 Å². The van der Waals surface area contributed by atoms with Crippen LogP contribution in [0.1, 0.15) is 5.69 Å². The lowest BCUT2D eigenvalue weighted by Gasteiger charge is -2.08. The normalized spacial score (nSPS) is 10.6. The SMILES string of the molecule is COc1ccc(NC(=O)NCc2cn3cc(Br)ccc3n2)cc1F. The van der Waals surface area contributed by atoms with E-state index in [-0.39, 0.29) is 12.3 Å². The number of imidazole rings is 1. The van der Waals surface area contributed by atoms with Crippen LogP contribution < -0.4 is 15.4 Å². The van der Waals surface area contributed by atoms with Crippen molar-refractivity contribution in [1.29, 1.82) is 0 Å². The Morgan fingerprint density at radius 1 is 1.33 bits per heavy atom. The van der Waals surface area contributed by atoms with Crippen molar-refractivity contribution < 1.29 is 13.9 Å². The van der Waals surface area contributed by atoms with Crippen molar-refractivity contribution >= 4 is 33.3 Å². The highest BCUT2D eigenvalue weighted by Crippen LogP contribution is 2.20. The van der Waals surface area contributed by atoms with Gasteiger partial charge in [0.25, 0.3) is 0 Å². The van der Waals surface area contributed by atoms with E-state index in [0.717, 1.165) is 10.1 Å². The molecule has 0 spiro atoms. The third-order valence-electron chi connectivity index (χ3n) is 3.30. The number of amides is 2. The van der Waals surface area contributed by atoms with Crippen molar-refractivity contribution in [3.63, 3.8) is 0 Å². The zero-order chi connectivity index (χ0) is 17.1. The number of rotatable bonds is 4. The van der Waals surface area contributed by atoms with Gasteiger partial charge in [-0.15, -0.1) is 0 Å². The number of anilines is 1. The van der Waals surface area contributed by atoms with Crippen LogP contribution in [-0.4, -0.2) is 22.5 Å². The summed E-state index contributed by atoms with van der Waals surface area (Å²) in [6.07, 6.45) is 3.71. The van der Waals surface area contributed by atoms with Gasteiger partial charge in [0.2, 0.25) is 0 Å². The van der Waals surface area contributed by atoms with Gasteiger partial charge >= 0.3 is 6.03 Å². The number of pyridine rings is 1. The van der Waals surface area contributed by atoms with Gasteiger partial charge in [0, 0.05) is 28.6 Å². The van der Waals surface area contributed by atoms with E-state index in [0.29, 0.717) is 11.4 Å². The fourth-order valence-corrected chi connectivity index (χ4v) is 2.55. The summed E-state index contributed by atoms with van der Waals surface area (Å²) in [7, 11) is 1.38. The van der Waals surface area contributed by atoms with Gasteiger partial charge in [0.15, 0.2) is 11.6 Å². The molecular formula is C16H14BrFN4O2. The van der Waals surface area contributed by atoms with Crippen molar-refractivity contribution in [2.24, 2.45) is 0 Å². The smallest absolute Gasteiger partial charge is 0.319 e. The molecule has 2 aromatic heterocycles. The number of fused-ring (bicyclic) bond motifs is 1. The second kappa shape index (κ2) is 6.88. The summed E-state index contributed by atoms with van der Waals surface area (Å²) < 4.78 is 21.2. The number of halogens is 2. The second-order valence-electron chi connectivity index (χ2n) is 5.00. The van der Waals surface area contributed by atoms with Crippen LogP contribution in [0, 0.1) is 5.82 Å². The van der Waals surface area contributed by atoms with Crippen molar-refractivity contribution in [3.05, 3.63) is 58.7 Å². The molecule has 0 atom stereocenters. The second-order valence-corrected chi connectivity index (χ2v) is 5.92. The summed E-state index contributed by atoms with van der Waals surface area (Å²) in [5.41, 5.74) is 1.83. The molecule has 0 saturated heterocycles. The Bertz CT molecular complexity index is 897. The molecule has 0 aliphatic carbocycles. The van der Waals surface area contributed by atoms with Crippen LogP contribution >= 0.6 is 15.9 Å². The van der Waals surface area contributed by atoms with Crippen molar-refractivity contribution in [2.45, 2.75) is 6.54 Å². The Morgan fingerprint density at radius 2 is 2.17 bits per heavy atom. The highest BCUT2D eigenvalue weighted by Gasteiger charge is 2.08. The molecule has 0 aliphatic heterocycles. The van der Waals surface area contributed by atoms with Gasteiger partial charge in [-0.3, -0.25) is 0 Å². The molecule has 0 fully saturated rings. The number of methoxy groups -OCH3 is 1. The summed E-state index contributed by atoms with van der Waals surface area (Å²) in [5.74, 6) is -0.418. The van der Waals surface area contributed by atoms with E-state index < -0.39 is 11.8 Å². The summed E-state index contributed by atoms with van der Waals surface area (Å²) in [6, 6.07) is 7.52. The van der Waals surface area contributed by atoms with E-state index in [2.05, 4.69) is 31.5 Å². The lowest BCUT2D eigenvalue weighted by atomic mass is 10.3. The van der Waals surface area contributed by atoms with Crippen LogP contribution in [0.2, 0.25) is 0 Å². The molecule has 3 aromatic rings. The predicted molar refractivity (Wildman–Crippen MR) is 91.7 cm³/mol. The van der Waals surface area contributed by atoms with Crippen molar-refractivity contribution in [1.82, 2.24) is 14.7 Å². The standard InChI is InChI=1S/C16H14BrFN4O2/c1-24-14-4-3-11(6-13(14)18)21-16(23)19-7-12-9-22-8-10(17)2-5-15(22)20-12/h2-6,8-9H,7H2,1H3,(H2,19,21,23). The number of aromatic nitrogens is 2. The maximum Gasteiger partial charge on any atom is 0.319 e. The number of nitrogens with zero attached hydrogens (tertiary/aromatic N) is 2. The zero-order valence-corrected chi connectivity index (χ0v) is 14.3. The molecule has 2 heterocycles. The van der Waals surface area contributed by atoms with E-state index >= 15 is 0 Å². The lowest BCUT2D eigenvalue weighted by Crippen LogP contribution is -2.28. The van der Waals surface area contributed by atoms with Crippen LogP contribution in [-0.2, 0) is 6.54 Å². The quantitative estimate of drug-likeness (QED) is 0.712. The molecule has 2 amide bonds. The van der Waals surface area contributed by atoms with Crippen molar-refractivity contribution in [3.8, 4) is 5.75 Å². The average Bonchev–Trinajstić information content (AvgIpc) is 2.95. The molecule has 0 bridgehead atoms. The number of hydrogen-bond donors (Lipinski definition) is 2. The van der Waals surface area contributed by atoms with Gasteiger partial charge in [-0.1, -0.05) is 0 Å². The van der Waals surface area contributed by atoms with Crippen LogP contribution in [0.5, 0.6) is 5.75 Å². The number of hydrogen-bond acceptors (Lipinski definition) is 3. The maximum absolute atomic E-state index is 13.6. The molecule has 124 valence electrons. The lowest BCUT2D eigenvalue weighted by molar-refractivity contribution is 0.251. The van der Waals surface area contributed by atoms with Gasteiger partial charge in [-0.2, -0.15) is 0 Å². The van der Waals surface area contributed by atoms with E-state index in [1.54, 1.807) is 6.07 Å². The first-order valence-corrected chi connectivity index (χ1v) is 7.86. The minimum Gasteiger partial charge on any atom is -0.494 e. The molecule has 2 N–H and O–H groups in total. The molecule has 1 aromatic carbocycles. The Hall–Kier alpha value is -2.61. The number of carbonyl (C=O) groups is 1. The third kappa shape index (κ3) is 3.65. The fraction of sp³-hybridized carbons (Fsp3) is 0.125. The Balaban J connectivity index is 1.61. The largest absolute Gasteiger partial charge is 0.494 e. The molecule has 0 aliphatic rings. The minimum atomic E-state index is -0.541. The fourth-order valence-electron chi connectivity index (χ4n) is 2.19. The van der Waals surface area contributed by atoms with E-state index in [4.69, 9.17) is 4.74 Å². The van der Waals surface area contributed by atoms with Gasteiger partial charge < -0.3 is 19.8 Å². The Kier molecular flexibility index (Phi) is 4.66. The number of nitrogens with one attached hydrogen (secondary N) is 2. The number of urea groups is 1. The average molecular weight is 393 g/mol. The van der Waals surface area contributed by atoms with Crippen LogP contribution in [0.25, 0.3) is 5.65 Å². The van der Waals surface area contributed by atoms with E-state index in [1.165, 1.54) is 19.2 Å². The first-order chi connectivity index (χ1) is 11.5. The van der Waals surface area contributed by atoms with Crippen molar-refractivity contribution in [2.75, 3.05) is 12.4 Å². The van der Waals surface area contributed by atoms with Gasteiger partial charge in [-0.05, 0) is 40.2 Å². The molecule has 6 nitrogen and oxygen atoms in total. The zero-order valence-electron chi connectivity index (χ0n) is 12.7. The Morgan fingerprint density at radius 3 is 2.92 bits per heavy atom. The maximum atomic E-state index is 13.6. The van der Waals surface area contributed by atoms with Gasteiger partial charge in [0.1, 0.15) is 5.65 Å². The summed E-state index contributed by atoms with van der Waals surface area (Å²) in [5, 5.41) is 5.24. The first-order valence-electron chi connectivity index (χ1n) is 7.06. The number of carbonyl (C=O) groups excluding carboxylic acids is 1. The highest BCUT2D eigenvalue weighted by atomic mass is 79.9. The number of benzene rings is 1. The summed E-state index contributed by atoms with van der Waals surface area (Å²) in [6.45, 7) is 0.254. The minimum absolute atomic E-state index is 0.122. The monoisotopic (exact) mass is 392 g/mol. The first kappa shape index (κ1) is 16.3. The Labute approximate surface area is 145 Å². The topological polar surface area (TPSA) is 67.7 Å². The van der Waals surface area contributed by atoms with Crippen LogP contribution in [0.3, 0.4) is 0 Å². The molecule has 0 unspecified atom stereocenters. The number of ether oxygens (including phenoxy) is 1. The third-order valence-corrected chi connectivity index (χ3v) is 3.77. The van der Waals surface area contributed by atoms with Crippen LogP contribution in [0.15, 0.2) is 47.2 Å². The summed E-state index contributed by atoms with van der Waals surface area (Å²) >= 11 is 3.39. The van der Waals surface area contributed by atoms with Gasteiger partial charge in [-0.25, -0.2) is 14.2 Å². The highest BCUT2D eigenvalue weighted by molar-refractivity contribution is 9.10. The molecule has 0 radical (unpaired) electrons. The molecule has 24 heavy (non-hydrogen) atoms. The molecular weight excluding hydrogens is 379 g/mol. The predicted octanol–water partition coefficient (Wildman–Crippen LogP) is 3.57. The summed E-state index contributed by atoms with van der Waals surface area (Å²) in [4.78, 5) is 16.3. The van der Waals surface area contributed by atoms with Gasteiger partial charge in [0.05, 0.1) is 19.3 Å².